The lowest BCUT2D eigenvalue weighted by Crippen LogP contribution is -2.31. The third kappa shape index (κ3) is 3.70. The number of hydrogen-bond donors (Lipinski definition) is 0. The van der Waals surface area contributed by atoms with Gasteiger partial charge in [0.25, 0.3) is 0 Å². The first-order valence-electron chi connectivity index (χ1n) is 8.83. The van der Waals surface area contributed by atoms with Crippen LogP contribution in [0.1, 0.15) is 29.5 Å². The Balaban J connectivity index is 1.65. The summed E-state index contributed by atoms with van der Waals surface area (Å²) >= 11 is 6.43. The molecule has 1 saturated carbocycles. The second-order valence-electron chi connectivity index (χ2n) is 6.96. The molecule has 4 nitrogen and oxygen atoms in total. The minimum Gasteiger partial charge on any atom is -0.334 e. The number of aromatic nitrogens is 2. The van der Waals surface area contributed by atoms with Crippen molar-refractivity contribution in [2.75, 3.05) is 0 Å². The van der Waals surface area contributed by atoms with E-state index in [9.17, 15) is 4.79 Å². The van der Waals surface area contributed by atoms with Gasteiger partial charge in [0.2, 0.25) is 5.91 Å². The van der Waals surface area contributed by atoms with Gasteiger partial charge >= 0.3 is 0 Å². The maximum Gasteiger partial charge on any atom is 0.226 e. The van der Waals surface area contributed by atoms with Crippen LogP contribution in [0.15, 0.2) is 48.8 Å². The maximum absolute atomic E-state index is 12.8. The van der Waals surface area contributed by atoms with Crippen LogP contribution < -0.4 is 0 Å². The summed E-state index contributed by atoms with van der Waals surface area (Å²) in [5, 5.41) is 1.51. The average molecular weight is 366 g/mol. The first kappa shape index (κ1) is 17.0. The van der Waals surface area contributed by atoms with Gasteiger partial charge in [0.05, 0.1) is 5.52 Å². The predicted octanol–water partition coefficient (Wildman–Crippen LogP) is 4.53. The molecule has 0 aliphatic heterocycles. The Bertz CT molecular complexity index is 954. The molecule has 1 aromatic carbocycles. The zero-order chi connectivity index (χ0) is 18.1. The van der Waals surface area contributed by atoms with Crippen molar-refractivity contribution in [1.29, 1.82) is 0 Å². The van der Waals surface area contributed by atoms with E-state index >= 15 is 0 Å². The third-order valence-corrected chi connectivity index (χ3v) is 5.02. The van der Waals surface area contributed by atoms with E-state index in [0.717, 1.165) is 34.9 Å². The van der Waals surface area contributed by atoms with Crippen molar-refractivity contribution >= 4 is 28.4 Å². The summed E-state index contributed by atoms with van der Waals surface area (Å²) in [6.45, 7) is 3.05. The van der Waals surface area contributed by atoms with E-state index < -0.39 is 0 Å². The number of rotatable bonds is 5. The first-order valence-corrected chi connectivity index (χ1v) is 9.21. The number of amides is 1. The molecule has 2 aromatic heterocycles. The highest BCUT2D eigenvalue weighted by molar-refractivity contribution is 6.30. The molecular weight excluding hydrogens is 346 g/mol. The van der Waals surface area contributed by atoms with Crippen molar-refractivity contribution in [2.45, 2.75) is 32.9 Å². The van der Waals surface area contributed by atoms with Crippen LogP contribution in [0.5, 0.6) is 0 Å². The van der Waals surface area contributed by atoms with Gasteiger partial charge in [0.15, 0.2) is 0 Å². The summed E-state index contributed by atoms with van der Waals surface area (Å²) in [6, 6.07) is 12.0. The largest absolute Gasteiger partial charge is 0.334 e. The minimum absolute atomic E-state index is 0.154. The Hall–Kier alpha value is -2.46. The van der Waals surface area contributed by atoms with Crippen LogP contribution in [0.3, 0.4) is 0 Å². The summed E-state index contributed by atoms with van der Waals surface area (Å²) in [5.41, 5.74) is 3.94. The number of benzene rings is 1. The van der Waals surface area contributed by atoms with Gasteiger partial charge in [-0.2, -0.15) is 0 Å². The molecule has 0 bridgehead atoms. The fourth-order valence-electron chi connectivity index (χ4n) is 3.14. The molecule has 26 heavy (non-hydrogen) atoms. The highest BCUT2D eigenvalue weighted by Crippen LogP contribution is 2.33. The Morgan fingerprint density at radius 2 is 2.08 bits per heavy atom. The number of carbonyl (C=O) groups excluding carboxylic acids is 1. The SMILES string of the molecule is Cc1ccc2nc(Cl)c(CN(Cc3cccnc3)C(=O)C3CC3)cc2c1. The molecule has 4 rings (SSSR count). The lowest BCUT2D eigenvalue weighted by molar-refractivity contribution is -0.133. The van der Waals surface area contributed by atoms with E-state index in [2.05, 4.69) is 23.0 Å². The van der Waals surface area contributed by atoms with Gasteiger partial charge in [0, 0.05) is 42.4 Å². The van der Waals surface area contributed by atoms with Crippen LogP contribution in [0, 0.1) is 12.8 Å². The fourth-order valence-corrected chi connectivity index (χ4v) is 3.35. The van der Waals surface area contributed by atoms with Gasteiger partial charge < -0.3 is 4.90 Å². The third-order valence-electron chi connectivity index (χ3n) is 4.69. The number of carbonyl (C=O) groups is 1. The van der Waals surface area contributed by atoms with Crippen molar-refractivity contribution < 1.29 is 4.79 Å². The lowest BCUT2D eigenvalue weighted by atomic mass is 10.1. The zero-order valence-corrected chi connectivity index (χ0v) is 15.4. The Labute approximate surface area is 157 Å². The smallest absolute Gasteiger partial charge is 0.226 e. The molecule has 2 heterocycles. The van der Waals surface area contributed by atoms with Crippen LogP contribution in [0.25, 0.3) is 10.9 Å². The molecule has 1 amide bonds. The molecule has 5 heteroatoms. The number of nitrogens with zero attached hydrogens (tertiary/aromatic N) is 3. The molecule has 1 aliphatic rings. The van der Waals surface area contributed by atoms with E-state index in [1.807, 2.05) is 35.2 Å². The second-order valence-corrected chi connectivity index (χ2v) is 7.32. The summed E-state index contributed by atoms with van der Waals surface area (Å²) in [6.07, 6.45) is 5.50. The molecule has 0 spiro atoms. The predicted molar refractivity (Wildman–Crippen MR) is 103 cm³/mol. The van der Waals surface area contributed by atoms with Crippen molar-refractivity contribution in [2.24, 2.45) is 5.92 Å². The topological polar surface area (TPSA) is 46.1 Å². The molecule has 1 aliphatic carbocycles. The van der Waals surface area contributed by atoms with Gasteiger partial charge in [-0.1, -0.05) is 29.3 Å². The standard InChI is InChI=1S/C21H20ClN3O/c1-14-4-7-19-17(9-14)10-18(20(22)24-19)13-25(21(26)16-5-6-16)12-15-3-2-8-23-11-15/h2-4,7-11,16H,5-6,12-13H2,1H3. The van der Waals surface area contributed by atoms with Crippen molar-refractivity contribution in [3.05, 3.63) is 70.6 Å². The summed E-state index contributed by atoms with van der Waals surface area (Å²) < 4.78 is 0. The highest BCUT2D eigenvalue weighted by Gasteiger charge is 2.33. The quantitative estimate of drug-likeness (QED) is 0.624. The average Bonchev–Trinajstić information content (AvgIpc) is 3.47. The van der Waals surface area contributed by atoms with Gasteiger partial charge in [-0.15, -0.1) is 0 Å². The summed E-state index contributed by atoms with van der Waals surface area (Å²) in [4.78, 5) is 23.3. The summed E-state index contributed by atoms with van der Waals surface area (Å²) in [7, 11) is 0. The molecule has 1 fully saturated rings. The van der Waals surface area contributed by atoms with Gasteiger partial charge in [-0.05, 0) is 49.6 Å². The first-order chi connectivity index (χ1) is 12.6. The van der Waals surface area contributed by atoms with E-state index in [4.69, 9.17) is 11.6 Å². The molecule has 3 aromatic rings. The maximum atomic E-state index is 12.8. The van der Waals surface area contributed by atoms with Gasteiger partial charge in [-0.25, -0.2) is 4.98 Å². The van der Waals surface area contributed by atoms with E-state index in [1.165, 1.54) is 5.56 Å². The molecule has 0 atom stereocenters. The van der Waals surface area contributed by atoms with Crippen molar-refractivity contribution in [3.63, 3.8) is 0 Å². The number of fused-ring (bicyclic) bond motifs is 1. The molecule has 0 N–H and O–H groups in total. The Kier molecular flexibility index (Phi) is 4.60. The second kappa shape index (κ2) is 7.04. The van der Waals surface area contributed by atoms with Crippen LogP contribution in [-0.2, 0) is 17.9 Å². The van der Waals surface area contributed by atoms with E-state index in [1.54, 1.807) is 12.4 Å². The monoisotopic (exact) mass is 365 g/mol. The molecule has 0 saturated heterocycles. The number of halogens is 1. The molecule has 0 radical (unpaired) electrons. The van der Waals surface area contributed by atoms with Crippen LogP contribution in [0.4, 0.5) is 0 Å². The van der Waals surface area contributed by atoms with Gasteiger partial charge in [-0.3, -0.25) is 9.78 Å². The van der Waals surface area contributed by atoms with Crippen LogP contribution in [-0.4, -0.2) is 20.8 Å². The normalized spacial score (nSPS) is 13.8. The number of hydrogen-bond acceptors (Lipinski definition) is 3. The fraction of sp³-hybridized carbons (Fsp3) is 0.286. The molecule has 132 valence electrons. The highest BCUT2D eigenvalue weighted by atomic mass is 35.5. The van der Waals surface area contributed by atoms with E-state index in [0.29, 0.717) is 18.2 Å². The molecular formula is C21H20ClN3O. The number of pyridine rings is 2. The Morgan fingerprint density at radius 1 is 1.23 bits per heavy atom. The van der Waals surface area contributed by atoms with Crippen LogP contribution in [0.2, 0.25) is 5.15 Å². The Morgan fingerprint density at radius 3 is 2.81 bits per heavy atom. The van der Waals surface area contributed by atoms with E-state index in [-0.39, 0.29) is 11.8 Å². The number of aryl methyl sites for hydroxylation is 1. The lowest BCUT2D eigenvalue weighted by Gasteiger charge is -2.23. The minimum atomic E-state index is 0.154. The van der Waals surface area contributed by atoms with Crippen LogP contribution >= 0.6 is 11.6 Å². The van der Waals surface area contributed by atoms with Gasteiger partial charge in [0.1, 0.15) is 5.15 Å². The van der Waals surface area contributed by atoms with Crippen molar-refractivity contribution in [3.8, 4) is 0 Å². The summed E-state index contributed by atoms with van der Waals surface area (Å²) in [5.74, 6) is 0.343. The molecule has 0 unspecified atom stereocenters. The van der Waals surface area contributed by atoms with Crippen molar-refractivity contribution in [1.82, 2.24) is 14.9 Å². The zero-order valence-electron chi connectivity index (χ0n) is 14.7.